The van der Waals surface area contributed by atoms with E-state index in [-0.39, 0.29) is 17.3 Å². The number of aryl methyl sites for hydroxylation is 2. The highest BCUT2D eigenvalue weighted by molar-refractivity contribution is 7.92. The summed E-state index contributed by atoms with van der Waals surface area (Å²) in [5, 5.41) is 0. The lowest BCUT2D eigenvalue weighted by atomic mass is 9.73. The topological polar surface area (TPSA) is 85.5 Å². The minimum Gasteiger partial charge on any atom is -0.534 e. The number of benzene rings is 1. The maximum Gasteiger partial charge on any atom is 0.231 e. The Labute approximate surface area is 244 Å². The fourth-order valence-electron chi connectivity index (χ4n) is 6.94. The van der Waals surface area contributed by atoms with E-state index in [9.17, 15) is 8.42 Å². The molecular formula is C32H51N3O3SSi. The Kier molecular flexibility index (Phi) is 9.25. The summed E-state index contributed by atoms with van der Waals surface area (Å²) in [6.45, 7) is 17.8. The zero-order valence-electron chi connectivity index (χ0n) is 25.9. The summed E-state index contributed by atoms with van der Waals surface area (Å²) < 4.78 is 32.1. The average molecular weight is 586 g/mol. The summed E-state index contributed by atoms with van der Waals surface area (Å²) in [5.74, 6) is 1.55. The molecule has 4 rings (SSSR count). The molecule has 2 heterocycles. The van der Waals surface area contributed by atoms with Crippen molar-refractivity contribution in [1.29, 1.82) is 0 Å². The molecule has 0 amide bonds. The van der Waals surface area contributed by atoms with E-state index in [1.165, 1.54) is 28.6 Å². The molecule has 1 fully saturated rings. The second-order valence-corrected chi connectivity index (χ2v) is 18.8. The minimum atomic E-state index is -3.46. The molecule has 222 valence electrons. The van der Waals surface area contributed by atoms with Crippen LogP contribution in [0.25, 0.3) is 0 Å². The molecule has 1 saturated heterocycles. The van der Waals surface area contributed by atoms with Crippen LogP contribution in [-0.4, -0.2) is 58.1 Å². The highest BCUT2D eigenvalue weighted by atomic mass is 32.2. The number of pyridine rings is 1. The van der Waals surface area contributed by atoms with Crippen LogP contribution in [0.2, 0.25) is 13.1 Å². The van der Waals surface area contributed by atoms with Gasteiger partial charge in [0.05, 0.1) is 5.69 Å². The molecule has 1 aromatic heterocycles. The van der Waals surface area contributed by atoms with Crippen LogP contribution in [-0.2, 0) is 16.3 Å². The van der Waals surface area contributed by atoms with Crippen molar-refractivity contribution in [3.8, 4) is 5.88 Å². The van der Waals surface area contributed by atoms with Crippen LogP contribution in [0.1, 0.15) is 81.2 Å². The number of aromatic nitrogens is 1. The summed E-state index contributed by atoms with van der Waals surface area (Å²) >= 11 is 0. The molecule has 1 aliphatic carbocycles. The zero-order valence-corrected chi connectivity index (χ0v) is 27.9. The highest BCUT2D eigenvalue weighted by Crippen LogP contribution is 2.46. The van der Waals surface area contributed by atoms with Gasteiger partial charge in [-0.2, -0.15) is 0 Å². The van der Waals surface area contributed by atoms with Gasteiger partial charge in [-0.3, -0.25) is 0 Å². The number of piperidine rings is 1. The number of hydrogen-bond donors (Lipinski definition) is 1. The van der Waals surface area contributed by atoms with E-state index < -0.39 is 23.7 Å². The molecule has 6 nitrogen and oxygen atoms in total. The van der Waals surface area contributed by atoms with Gasteiger partial charge in [0.1, 0.15) is 4.87 Å². The highest BCUT2D eigenvalue weighted by Gasteiger charge is 2.47. The van der Waals surface area contributed by atoms with Gasteiger partial charge in [0.15, 0.2) is 15.7 Å². The summed E-state index contributed by atoms with van der Waals surface area (Å²) in [4.78, 5) is 6.28. The molecule has 2 aromatic rings. The van der Waals surface area contributed by atoms with Crippen molar-refractivity contribution >= 4 is 18.9 Å². The predicted octanol–water partition coefficient (Wildman–Crippen LogP) is 5.66. The smallest absolute Gasteiger partial charge is 0.231 e. The van der Waals surface area contributed by atoms with E-state index in [1.807, 2.05) is 6.07 Å². The van der Waals surface area contributed by atoms with Gasteiger partial charge in [0.25, 0.3) is 0 Å². The lowest BCUT2D eigenvalue weighted by Crippen LogP contribution is -2.58. The van der Waals surface area contributed by atoms with Crippen LogP contribution in [0.15, 0.2) is 36.4 Å². The Bertz CT molecular complexity index is 1290. The molecule has 0 saturated carbocycles. The molecule has 1 aromatic carbocycles. The van der Waals surface area contributed by atoms with E-state index in [1.54, 1.807) is 6.92 Å². The van der Waals surface area contributed by atoms with Gasteiger partial charge in [-0.15, -0.1) is 0 Å². The van der Waals surface area contributed by atoms with E-state index in [4.69, 9.17) is 15.1 Å². The maximum absolute atomic E-state index is 13.0. The number of nitrogens with zero attached hydrogens (tertiary/aromatic N) is 2. The zero-order chi connectivity index (χ0) is 29.5. The molecule has 40 heavy (non-hydrogen) atoms. The first-order valence-corrected chi connectivity index (χ1v) is 19.7. The lowest BCUT2D eigenvalue weighted by Gasteiger charge is -2.46. The molecule has 2 aliphatic rings. The summed E-state index contributed by atoms with van der Waals surface area (Å²) in [7, 11) is -4.70. The molecule has 1 unspecified atom stereocenters. The number of hydrogen-bond acceptors (Lipinski definition) is 6. The first kappa shape index (κ1) is 31.2. The van der Waals surface area contributed by atoms with E-state index in [2.05, 4.69) is 76.0 Å². The fraction of sp³-hybridized carbons (Fsp3) is 0.656. The van der Waals surface area contributed by atoms with Crippen molar-refractivity contribution in [1.82, 2.24) is 9.88 Å². The van der Waals surface area contributed by atoms with Crippen molar-refractivity contribution in [2.24, 2.45) is 23.0 Å². The van der Waals surface area contributed by atoms with E-state index in [0.717, 1.165) is 44.7 Å². The van der Waals surface area contributed by atoms with Crippen LogP contribution in [0.3, 0.4) is 0 Å². The van der Waals surface area contributed by atoms with E-state index in [0.29, 0.717) is 18.4 Å². The number of rotatable bonds is 7. The van der Waals surface area contributed by atoms with Crippen LogP contribution < -0.4 is 10.2 Å². The quantitative estimate of drug-likeness (QED) is 0.333. The largest absolute Gasteiger partial charge is 0.534 e. The Hall–Kier alpha value is -1.74. The van der Waals surface area contributed by atoms with Crippen molar-refractivity contribution in [2.75, 3.05) is 25.9 Å². The third-order valence-electron chi connectivity index (χ3n) is 9.45. The molecule has 5 atom stereocenters. The number of fused-ring (bicyclic) bond motifs is 1. The second kappa shape index (κ2) is 11.9. The Morgan fingerprint density at radius 3 is 2.42 bits per heavy atom. The first-order chi connectivity index (χ1) is 18.6. The van der Waals surface area contributed by atoms with Crippen molar-refractivity contribution in [3.05, 3.63) is 58.8 Å². The van der Waals surface area contributed by atoms with Gasteiger partial charge in [0.2, 0.25) is 9.04 Å². The Morgan fingerprint density at radius 2 is 1.80 bits per heavy atom. The van der Waals surface area contributed by atoms with Gasteiger partial charge in [0, 0.05) is 31.2 Å². The van der Waals surface area contributed by atoms with Crippen LogP contribution >= 0.6 is 0 Å². The Balaban J connectivity index is 1.58. The molecule has 8 heteroatoms. The third-order valence-corrected chi connectivity index (χ3v) is 12.1. The molecule has 0 radical (unpaired) electrons. The van der Waals surface area contributed by atoms with Gasteiger partial charge >= 0.3 is 0 Å². The number of nitrogens with two attached hydrogens (primary N) is 1. The van der Waals surface area contributed by atoms with Crippen LogP contribution in [0.5, 0.6) is 5.88 Å². The van der Waals surface area contributed by atoms with Gasteiger partial charge < -0.3 is 15.1 Å². The monoisotopic (exact) mass is 585 g/mol. The van der Waals surface area contributed by atoms with Crippen LogP contribution in [0.4, 0.5) is 0 Å². The predicted molar refractivity (Wildman–Crippen MR) is 168 cm³/mol. The first-order valence-electron chi connectivity index (χ1n) is 15.0. The molecule has 0 spiro atoms. The molecule has 0 bridgehead atoms. The summed E-state index contributed by atoms with van der Waals surface area (Å²) in [6, 6.07) is 12.7. The molecule has 2 N–H and O–H groups in total. The fourth-order valence-corrected chi connectivity index (χ4v) is 8.34. The second-order valence-electron chi connectivity index (χ2n) is 14.0. The number of sulfone groups is 1. The van der Waals surface area contributed by atoms with Gasteiger partial charge in [-0.25, -0.2) is 13.4 Å². The lowest BCUT2D eigenvalue weighted by molar-refractivity contribution is 0.103. The Morgan fingerprint density at radius 1 is 1.10 bits per heavy atom. The van der Waals surface area contributed by atoms with Crippen molar-refractivity contribution in [2.45, 2.75) is 90.1 Å². The molecule has 1 aliphatic heterocycles. The summed E-state index contributed by atoms with van der Waals surface area (Å²) in [5.41, 5.74) is 11.8. The summed E-state index contributed by atoms with van der Waals surface area (Å²) in [6.07, 6.45) is 5.40. The van der Waals surface area contributed by atoms with Gasteiger partial charge in [-0.05, 0) is 99.2 Å². The third kappa shape index (κ3) is 6.83. The van der Waals surface area contributed by atoms with Gasteiger partial charge in [-0.1, -0.05) is 51.1 Å². The molecular weight excluding hydrogens is 535 g/mol. The average Bonchev–Trinajstić information content (AvgIpc) is 3.03. The number of likely N-dealkylation sites (tertiary alicyclic amines) is 1. The van der Waals surface area contributed by atoms with Crippen molar-refractivity contribution in [3.63, 3.8) is 0 Å². The standard InChI is InChI=1S/C32H51N3O3SSi/c1-22-11-9-10-12-25(22)26-17-18-35(21-28(26)32(5,33)39(6,36)37)20-23-13-14-24-15-16-29(38-40(7)8)34-30(24)27(19-23)31(2,3)4/h9-12,15-16,23,26-28,40H,13-14,17-21,33H2,1-8H3/t23-,26-,27-,28+,32?/m1/s1. The normalized spacial score (nSPS) is 26.1. The SMILES string of the molecule is Cc1ccccc1[C@H]1CCN(C[C@@H]2CCc3ccc(O[SiH](C)C)nc3[C@H](C(C)(C)C)C2)C[C@@H]1C(C)(N)S(C)(=O)=O. The van der Waals surface area contributed by atoms with Crippen molar-refractivity contribution < 1.29 is 12.8 Å². The van der Waals surface area contributed by atoms with Crippen LogP contribution in [0, 0.1) is 24.2 Å². The minimum absolute atomic E-state index is 0.0741. The van der Waals surface area contributed by atoms with E-state index >= 15 is 0 Å². The maximum atomic E-state index is 13.0.